The molecule has 6 nitrogen and oxygen atoms in total. The molecule has 3 N–H and O–H groups in total. The second-order valence-corrected chi connectivity index (χ2v) is 9.85. The molecule has 2 unspecified atom stereocenters. The predicted octanol–water partition coefficient (Wildman–Crippen LogP) is 4.33. The minimum atomic E-state index is -0.996. The van der Waals surface area contributed by atoms with Crippen molar-refractivity contribution in [2.75, 3.05) is 6.54 Å². The second-order valence-electron chi connectivity index (χ2n) is 8.90. The Morgan fingerprint density at radius 2 is 1.84 bits per heavy atom. The van der Waals surface area contributed by atoms with Gasteiger partial charge in [-0.05, 0) is 59.2 Å². The fourth-order valence-electron chi connectivity index (χ4n) is 4.14. The highest BCUT2D eigenvalue weighted by molar-refractivity contribution is 7.13. The standard InChI is InChI=1S/C28H30F2N4O2S/c1-2-19-5-3-6-20(11-19)16-31-17-26(35)25(14-21-12-22(29)15-23(30)13-21)32-28(36)18-34-9-8-24(33-34)27-7-4-10-37-27/h3-13,15,25-26,31,35H,2,14,16-18H2,1H3,(H,32,36). The van der Waals surface area contributed by atoms with Crippen molar-refractivity contribution in [3.05, 3.63) is 101 Å². The monoisotopic (exact) mass is 524 g/mol. The largest absolute Gasteiger partial charge is 0.390 e. The van der Waals surface area contributed by atoms with E-state index in [1.54, 1.807) is 17.5 Å². The molecular weight excluding hydrogens is 494 g/mol. The molecule has 0 spiro atoms. The Bertz CT molecular complexity index is 1290. The average Bonchev–Trinajstić information content (AvgIpc) is 3.55. The number of hydrogen-bond acceptors (Lipinski definition) is 5. The van der Waals surface area contributed by atoms with Crippen molar-refractivity contribution in [2.45, 2.75) is 45.0 Å². The van der Waals surface area contributed by atoms with Crippen LogP contribution in [0.1, 0.15) is 23.6 Å². The summed E-state index contributed by atoms with van der Waals surface area (Å²) in [6.07, 6.45) is 1.71. The summed E-state index contributed by atoms with van der Waals surface area (Å²) in [6.45, 7) is 2.76. The quantitative estimate of drug-likeness (QED) is 0.258. The average molecular weight is 525 g/mol. The van der Waals surface area contributed by atoms with Crippen LogP contribution in [-0.4, -0.2) is 39.5 Å². The molecule has 2 heterocycles. The van der Waals surface area contributed by atoms with E-state index in [9.17, 15) is 18.7 Å². The van der Waals surface area contributed by atoms with Gasteiger partial charge in [-0.2, -0.15) is 5.10 Å². The summed E-state index contributed by atoms with van der Waals surface area (Å²) in [5.41, 5.74) is 3.42. The molecule has 1 amide bonds. The molecule has 0 aliphatic heterocycles. The first-order valence-electron chi connectivity index (χ1n) is 12.2. The zero-order valence-electron chi connectivity index (χ0n) is 20.5. The third-order valence-electron chi connectivity index (χ3n) is 5.99. The topological polar surface area (TPSA) is 79.2 Å². The van der Waals surface area contributed by atoms with Gasteiger partial charge in [0.2, 0.25) is 5.91 Å². The second kappa shape index (κ2) is 12.7. The Morgan fingerprint density at radius 3 is 2.57 bits per heavy atom. The third kappa shape index (κ3) is 7.79. The number of nitrogens with one attached hydrogen (secondary N) is 2. The smallest absolute Gasteiger partial charge is 0.242 e. The van der Waals surface area contributed by atoms with Gasteiger partial charge in [-0.1, -0.05) is 37.3 Å². The van der Waals surface area contributed by atoms with Crippen LogP contribution in [0.4, 0.5) is 8.78 Å². The summed E-state index contributed by atoms with van der Waals surface area (Å²) in [5.74, 6) is -1.78. The molecule has 0 aliphatic rings. The maximum atomic E-state index is 13.8. The van der Waals surface area contributed by atoms with Crippen LogP contribution in [-0.2, 0) is 30.7 Å². The number of halogens is 2. The Balaban J connectivity index is 1.41. The van der Waals surface area contributed by atoms with E-state index in [0.29, 0.717) is 12.1 Å². The SMILES string of the molecule is CCc1cccc(CNCC(O)C(Cc2cc(F)cc(F)c2)NC(=O)Cn2ccc(-c3cccs3)n2)c1. The summed E-state index contributed by atoms with van der Waals surface area (Å²) < 4.78 is 29.1. The number of thiophene rings is 1. The lowest BCUT2D eigenvalue weighted by Crippen LogP contribution is -2.49. The van der Waals surface area contributed by atoms with Gasteiger partial charge in [-0.25, -0.2) is 8.78 Å². The molecule has 0 aliphatic carbocycles. The van der Waals surface area contributed by atoms with Gasteiger partial charge in [-0.3, -0.25) is 9.48 Å². The lowest BCUT2D eigenvalue weighted by Gasteiger charge is -2.25. The number of aryl methyl sites for hydroxylation is 1. The first kappa shape index (κ1) is 26.7. The number of amides is 1. The van der Waals surface area contributed by atoms with Crippen LogP contribution >= 0.6 is 11.3 Å². The summed E-state index contributed by atoms with van der Waals surface area (Å²) >= 11 is 1.56. The lowest BCUT2D eigenvalue weighted by molar-refractivity contribution is -0.123. The molecule has 9 heteroatoms. The van der Waals surface area contributed by atoms with Crippen molar-refractivity contribution in [1.29, 1.82) is 0 Å². The van der Waals surface area contributed by atoms with Gasteiger partial charge in [0.1, 0.15) is 23.9 Å². The molecule has 0 bridgehead atoms. The van der Waals surface area contributed by atoms with Gasteiger partial charge in [0.15, 0.2) is 0 Å². The van der Waals surface area contributed by atoms with E-state index >= 15 is 0 Å². The molecule has 4 rings (SSSR count). The number of aliphatic hydroxyl groups is 1. The molecule has 0 fully saturated rings. The maximum absolute atomic E-state index is 13.8. The van der Waals surface area contributed by atoms with E-state index in [-0.39, 0.29) is 25.4 Å². The van der Waals surface area contributed by atoms with Gasteiger partial charge < -0.3 is 15.7 Å². The number of carbonyl (C=O) groups excluding carboxylic acids is 1. The molecular formula is C28H30F2N4O2S. The van der Waals surface area contributed by atoms with Gasteiger partial charge in [0, 0.05) is 25.4 Å². The van der Waals surface area contributed by atoms with Gasteiger partial charge in [0.25, 0.3) is 0 Å². The van der Waals surface area contributed by atoms with Gasteiger partial charge in [-0.15, -0.1) is 11.3 Å². The molecule has 4 aromatic rings. The number of carbonyl (C=O) groups is 1. The van der Waals surface area contributed by atoms with Crippen molar-refractivity contribution >= 4 is 17.2 Å². The number of rotatable bonds is 12. The van der Waals surface area contributed by atoms with Gasteiger partial charge >= 0.3 is 0 Å². The Labute approximate surface area is 219 Å². The molecule has 2 atom stereocenters. The lowest BCUT2D eigenvalue weighted by atomic mass is 10.0. The Morgan fingerprint density at radius 1 is 1.05 bits per heavy atom. The van der Waals surface area contributed by atoms with E-state index in [2.05, 4.69) is 34.8 Å². The van der Waals surface area contributed by atoms with Crippen molar-refractivity contribution < 1.29 is 18.7 Å². The highest BCUT2D eigenvalue weighted by atomic mass is 32.1. The van der Waals surface area contributed by atoms with Crippen molar-refractivity contribution in [3.63, 3.8) is 0 Å². The van der Waals surface area contributed by atoms with Crippen LogP contribution in [0.5, 0.6) is 0 Å². The van der Waals surface area contributed by atoms with E-state index in [4.69, 9.17) is 0 Å². The molecule has 2 aromatic carbocycles. The summed E-state index contributed by atoms with van der Waals surface area (Å²) in [7, 11) is 0. The summed E-state index contributed by atoms with van der Waals surface area (Å²) in [4.78, 5) is 13.9. The number of nitrogens with zero attached hydrogens (tertiary/aromatic N) is 2. The van der Waals surface area contributed by atoms with E-state index in [0.717, 1.165) is 28.6 Å². The first-order valence-corrected chi connectivity index (χ1v) is 13.1. The first-order chi connectivity index (χ1) is 17.9. The molecule has 0 saturated heterocycles. The highest BCUT2D eigenvalue weighted by Gasteiger charge is 2.23. The summed E-state index contributed by atoms with van der Waals surface area (Å²) in [5, 5.41) is 23.4. The molecule has 194 valence electrons. The van der Waals surface area contributed by atoms with Crippen molar-refractivity contribution in [1.82, 2.24) is 20.4 Å². The highest BCUT2D eigenvalue weighted by Crippen LogP contribution is 2.22. The Hall–Kier alpha value is -3.40. The maximum Gasteiger partial charge on any atom is 0.242 e. The minimum Gasteiger partial charge on any atom is -0.390 e. The normalized spacial score (nSPS) is 12.9. The molecule has 37 heavy (non-hydrogen) atoms. The number of aromatic nitrogens is 2. The Kier molecular flexibility index (Phi) is 9.16. The number of benzene rings is 2. The molecule has 2 aromatic heterocycles. The predicted molar refractivity (Wildman–Crippen MR) is 141 cm³/mol. The van der Waals surface area contributed by atoms with Crippen LogP contribution in [0.15, 0.2) is 72.2 Å². The van der Waals surface area contributed by atoms with Crippen LogP contribution in [0.2, 0.25) is 0 Å². The number of hydrogen-bond donors (Lipinski definition) is 3. The minimum absolute atomic E-state index is 0.0522. The van der Waals surface area contributed by atoms with Crippen molar-refractivity contribution in [2.24, 2.45) is 0 Å². The summed E-state index contributed by atoms with van der Waals surface area (Å²) in [6, 6.07) is 16.3. The van der Waals surface area contributed by atoms with Crippen LogP contribution in [0, 0.1) is 11.6 Å². The number of aliphatic hydroxyl groups excluding tert-OH is 1. The fraction of sp³-hybridized carbons (Fsp3) is 0.286. The van der Waals surface area contributed by atoms with E-state index < -0.39 is 23.8 Å². The van der Waals surface area contributed by atoms with Crippen LogP contribution in [0.25, 0.3) is 10.6 Å². The zero-order chi connectivity index (χ0) is 26.2. The van der Waals surface area contributed by atoms with Crippen LogP contribution in [0.3, 0.4) is 0 Å². The third-order valence-corrected chi connectivity index (χ3v) is 6.88. The van der Waals surface area contributed by atoms with Crippen LogP contribution < -0.4 is 10.6 Å². The van der Waals surface area contributed by atoms with Gasteiger partial charge in [0.05, 0.1) is 17.0 Å². The molecule has 0 radical (unpaired) electrons. The zero-order valence-corrected chi connectivity index (χ0v) is 21.3. The molecule has 0 saturated carbocycles. The van der Waals surface area contributed by atoms with E-state index in [1.165, 1.54) is 22.4 Å². The van der Waals surface area contributed by atoms with Crippen molar-refractivity contribution in [3.8, 4) is 10.6 Å². The fourth-order valence-corrected chi connectivity index (χ4v) is 4.83. The van der Waals surface area contributed by atoms with E-state index in [1.807, 2.05) is 35.7 Å².